The Morgan fingerprint density at radius 3 is 2.51 bits per heavy atom. The number of anilines is 1. The van der Waals surface area contributed by atoms with Crippen molar-refractivity contribution in [2.45, 2.75) is 56.7 Å². The first-order valence-electron chi connectivity index (χ1n) is 11.9. The fourth-order valence-corrected chi connectivity index (χ4v) is 6.47. The highest BCUT2D eigenvalue weighted by atomic mass is 35.5. The zero-order chi connectivity index (χ0) is 26.6. The number of ether oxygens (including phenoxy) is 2. The lowest BCUT2D eigenvalue weighted by atomic mass is 9.94. The highest BCUT2D eigenvalue weighted by Gasteiger charge is 2.52. The molecule has 1 aliphatic heterocycles. The van der Waals surface area contributed by atoms with Crippen molar-refractivity contribution < 1.29 is 22.7 Å². The molecular formula is C26H28ClN3O5S2. The average Bonchev–Trinajstić information content (AvgIpc) is 3.37. The number of hydrogen-bond acceptors (Lipinski definition) is 7. The van der Waals surface area contributed by atoms with E-state index in [4.69, 9.17) is 21.1 Å². The third-order valence-corrected chi connectivity index (χ3v) is 10.4. The number of aryl methyl sites for hydroxylation is 1. The molecular weight excluding hydrogens is 534 g/mol. The third-order valence-electron chi connectivity index (χ3n) is 6.72. The van der Waals surface area contributed by atoms with E-state index in [0.717, 1.165) is 5.56 Å². The summed E-state index contributed by atoms with van der Waals surface area (Å²) in [4.78, 5) is 18.7. The van der Waals surface area contributed by atoms with Crippen molar-refractivity contribution in [3.05, 3.63) is 69.2 Å². The minimum absolute atomic E-state index is 0.156. The van der Waals surface area contributed by atoms with Gasteiger partial charge < -0.3 is 14.8 Å². The number of rotatable bonds is 7. The zero-order valence-corrected chi connectivity index (χ0v) is 23.3. The number of hydrogen-bond donors (Lipinski definition) is 2. The van der Waals surface area contributed by atoms with Gasteiger partial charge in [-0.1, -0.05) is 47.2 Å². The first kappa shape index (κ1) is 26.0. The van der Waals surface area contributed by atoms with Gasteiger partial charge in [-0.05, 0) is 69.9 Å². The lowest BCUT2D eigenvalue weighted by Crippen LogP contribution is -2.41. The van der Waals surface area contributed by atoms with Crippen LogP contribution < -0.4 is 19.5 Å². The van der Waals surface area contributed by atoms with E-state index in [1.165, 1.54) is 11.3 Å². The molecule has 3 aromatic rings. The Balaban J connectivity index is 1.45. The van der Waals surface area contributed by atoms with Crippen LogP contribution >= 0.6 is 22.9 Å². The molecule has 2 N–H and O–H groups in total. The van der Waals surface area contributed by atoms with Crippen molar-refractivity contribution in [1.82, 2.24) is 9.71 Å². The summed E-state index contributed by atoms with van der Waals surface area (Å²) in [6, 6.07) is 11.9. The maximum Gasteiger partial charge on any atom is 0.236 e. The van der Waals surface area contributed by atoms with Gasteiger partial charge in [0, 0.05) is 5.02 Å². The summed E-state index contributed by atoms with van der Waals surface area (Å²) in [5.74, 6) is 1.15. The first-order chi connectivity index (χ1) is 17.4. The molecule has 11 heteroatoms. The summed E-state index contributed by atoms with van der Waals surface area (Å²) in [6.45, 7) is 6.87. The van der Waals surface area contributed by atoms with Crippen LogP contribution in [-0.4, -0.2) is 30.8 Å². The van der Waals surface area contributed by atoms with Crippen LogP contribution in [0.1, 0.15) is 61.4 Å². The number of carbonyl (C=O) groups is 1. The molecule has 2 aromatic carbocycles. The number of aromatic nitrogens is 1. The molecule has 1 aliphatic carbocycles. The maximum absolute atomic E-state index is 13.4. The SMILES string of the molecule is Cc1nc(NC(=O)C2(c3ccc4c(c3)OCO4)CC2)sc1[C@H](NS(=O)(=O)C(C)(C)C)c1ccccc1Cl. The molecule has 196 valence electrons. The number of halogens is 1. The van der Waals surface area contributed by atoms with Crippen LogP contribution in [0.25, 0.3) is 0 Å². The first-order valence-corrected chi connectivity index (χ1v) is 14.5. The number of amides is 1. The van der Waals surface area contributed by atoms with E-state index in [0.29, 0.717) is 50.6 Å². The molecule has 1 aromatic heterocycles. The van der Waals surface area contributed by atoms with Crippen LogP contribution in [0.3, 0.4) is 0 Å². The molecule has 2 heterocycles. The monoisotopic (exact) mass is 561 g/mol. The predicted octanol–water partition coefficient (Wildman–Crippen LogP) is 5.31. The van der Waals surface area contributed by atoms with Crippen LogP contribution in [0.2, 0.25) is 5.02 Å². The standard InChI is InChI=1S/C26H28ClN3O5S2/c1-15-22(21(17-7-5-6-8-18(17)27)30-37(32,33)25(2,3)4)36-24(28-15)29-23(31)26(11-12-26)16-9-10-19-20(13-16)35-14-34-19/h5-10,13,21,30H,11-12,14H2,1-4H3,(H,28,29,31)/t21-/m1/s1. The molecule has 1 amide bonds. The lowest BCUT2D eigenvalue weighted by Gasteiger charge is -2.26. The van der Waals surface area contributed by atoms with Crippen molar-refractivity contribution in [1.29, 1.82) is 0 Å². The van der Waals surface area contributed by atoms with Crippen molar-refractivity contribution in [2.75, 3.05) is 12.1 Å². The van der Waals surface area contributed by atoms with Crippen LogP contribution in [0.5, 0.6) is 11.5 Å². The second-order valence-electron chi connectivity index (χ2n) is 10.3. The Bertz CT molecular complexity index is 1480. The topological polar surface area (TPSA) is 107 Å². The minimum atomic E-state index is -3.73. The second kappa shape index (κ2) is 9.27. The molecule has 2 aliphatic rings. The molecule has 0 saturated heterocycles. The van der Waals surface area contributed by atoms with Crippen molar-refractivity contribution >= 4 is 44.0 Å². The summed E-state index contributed by atoms with van der Waals surface area (Å²) in [5, 5.41) is 3.80. The van der Waals surface area contributed by atoms with Gasteiger partial charge in [0.1, 0.15) is 0 Å². The molecule has 1 fully saturated rings. The summed E-state index contributed by atoms with van der Waals surface area (Å²) in [5.41, 5.74) is 1.43. The van der Waals surface area contributed by atoms with Gasteiger partial charge in [0.2, 0.25) is 22.7 Å². The van der Waals surface area contributed by atoms with E-state index >= 15 is 0 Å². The second-order valence-corrected chi connectivity index (χ2v) is 14.2. The van der Waals surface area contributed by atoms with E-state index in [-0.39, 0.29) is 12.7 Å². The van der Waals surface area contributed by atoms with Gasteiger partial charge >= 0.3 is 0 Å². The van der Waals surface area contributed by atoms with Crippen LogP contribution in [0.4, 0.5) is 5.13 Å². The van der Waals surface area contributed by atoms with Gasteiger partial charge in [0.25, 0.3) is 0 Å². The van der Waals surface area contributed by atoms with E-state index < -0.39 is 26.2 Å². The number of nitrogens with one attached hydrogen (secondary N) is 2. The summed E-state index contributed by atoms with van der Waals surface area (Å²) >= 11 is 7.73. The minimum Gasteiger partial charge on any atom is -0.454 e. The van der Waals surface area contributed by atoms with Gasteiger partial charge in [-0.2, -0.15) is 0 Å². The zero-order valence-electron chi connectivity index (χ0n) is 20.9. The molecule has 1 atom stereocenters. The van der Waals surface area contributed by atoms with Crippen LogP contribution in [0.15, 0.2) is 42.5 Å². The summed E-state index contributed by atoms with van der Waals surface area (Å²) < 4.78 is 38.9. The van der Waals surface area contributed by atoms with E-state index in [1.54, 1.807) is 52.0 Å². The lowest BCUT2D eigenvalue weighted by molar-refractivity contribution is -0.118. The Morgan fingerprint density at radius 2 is 1.84 bits per heavy atom. The molecule has 0 spiro atoms. The fraction of sp³-hybridized carbons (Fsp3) is 0.385. The highest BCUT2D eigenvalue weighted by Crippen LogP contribution is 2.51. The normalized spacial score (nSPS) is 16.9. The van der Waals surface area contributed by atoms with Gasteiger partial charge in [-0.3, -0.25) is 4.79 Å². The molecule has 0 unspecified atom stereocenters. The van der Waals surface area contributed by atoms with Gasteiger partial charge in [-0.15, -0.1) is 0 Å². The van der Waals surface area contributed by atoms with E-state index in [1.807, 2.05) is 18.2 Å². The Labute approximate surface area is 225 Å². The number of sulfonamides is 1. The Morgan fingerprint density at radius 1 is 1.14 bits per heavy atom. The van der Waals surface area contributed by atoms with Crippen LogP contribution in [-0.2, 0) is 20.2 Å². The maximum atomic E-state index is 13.4. The summed E-state index contributed by atoms with van der Waals surface area (Å²) in [6.07, 6.45) is 1.42. The van der Waals surface area contributed by atoms with Crippen molar-refractivity contribution in [3.8, 4) is 11.5 Å². The third kappa shape index (κ3) is 4.83. The predicted molar refractivity (Wildman–Crippen MR) is 144 cm³/mol. The quantitative estimate of drug-likeness (QED) is 0.405. The smallest absolute Gasteiger partial charge is 0.236 e. The van der Waals surface area contributed by atoms with Gasteiger partial charge in [-0.25, -0.2) is 18.1 Å². The van der Waals surface area contributed by atoms with Gasteiger partial charge in [0.05, 0.1) is 26.8 Å². The number of fused-ring (bicyclic) bond motifs is 1. The molecule has 1 saturated carbocycles. The van der Waals surface area contributed by atoms with Gasteiger partial charge in [0.15, 0.2) is 16.6 Å². The molecule has 0 bridgehead atoms. The molecule has 0 radical (unpaired) electrons. The summed E-state index contributed by atoms with van der Waals surface area (Å²) in [7, 11) is -3.73. The molecule has 8 nitrogen and oxygen atoms in total. The van der Waals surface area contributed by atoms with Crippen LogP contribution in [0, 0.1) is 6.92 Å². The highest BCUT2D eigenvalue weighted by molar-refractivity contribution is 7.90. The number of thiazole rings is 1. The van der Waals surface area contributed by atoms with Crippen molar-refractivity contribution in [2.24, 2.45) is 0 Å². The fourth-order valence-electron chi connectivity index (χ4n) is 4.21. The van der Waals surface area contributed by atoms with E-state index in [9.17, 15) is 13.2 Å². The Kier molecular flexibility index (Phi) is 6.50. The average molecular weight is 562 g/mol. The molecule has 5 rings (SSSR count). The Hall–Kier alpha value is -2.66. The van der Waals surface area contributed by atoms with Crippen molar-refractivity contribution in [3.63, 3.8) is 0 Å². The van der Waals surface area contributed by atoms with E-state index in [2.05, 4.69) is 15.0 Å². The number of carbonyl (C=O) groups excluding carboxylic acids is 1. The number of benzene rings is 2. The largest absolute Gasteiger partial charge is 0.454 e. The molecule has 37 heavy (non-hydrogen) atoms. The number of nitrogens with zero attached hydrogens (tertiary/aromatic N) is 1.